The van der Waals surface area contributed by atoms with Gasteiger partial charge in [-0.15, -0.1) is 11.3 Å². The van der Waals surface area contributed by atoms with Crippen LogP contribution in [-0.2, 0) is 4.79 Å². The molecule has 5 rings (SSSR count). The van der Waals surface area contributed by atoms with Crippen LogP contribution in [0.4, 0.5) is 0 Å². The first-order valence-corrected chi connectivity index (χ1v) is 9.67. The average molecular weight is 343 g/mol. The summed E-state index contributed by atoms with van der Waals surface area (Å²) in [5.41, 5.74) is 2.44. The molecule has 2 aromatic rings. The molecule has 0 bridgehead atoms. The molecule has 0 spiro atoms. The van der Waals surface area contributed by atoms with Gasteiger partial charge in [0.15, 0.2) is 0 Å². The van der Waals surface area contributed by atoms with E-state index in [1.807, 2.05) is 17.4 Å². The van der Waals surface area contributed by atoms with E-state index in [0.717, 1.165) is 32.2 Å². The summed E-state index contributed by atoms with van der Waals surface area (Å²) in [4.78, 5) is 19.5. The maximum Gasteiger partial charge on any atom is 0.222 e. The highest BCUT2D eigenvalue weighted by Crippen LogP contribution is 2.45. The summed E-state index contributed by atoms with van der Waals surface area (Å²) in [6.07, 6.45) is 7.74. The maximum atomic E-state index is 11.8. The number of aliphatic hydroxyl groups is 1. The van der Waals surface area contributed by atoms with Crippen molar-refractivity contribution in [3.05, 3.63) is 28.8 Å². The van der Waals surface area contributed by atoms with E-state index in [1.54, 1.807) is 11.3 Å². The van der Waals surface area contributed by atoms with Crippen LogP contribution in [0.25, 0.3) is 11.3 Å². The number of imidazole rings is 1. The Bertz CT molecular complexity index is 743. The zero-order valence-electron chi connectivity index (χ0n) is 13.5. The number of thiophene rings is 1. The smallest absolute Gasteiger partial charge is 0.222 e. The number of fused-ring (bicyclic) bond motifs is 4. The lowest BCUT2D eigenvalue weighted by Gasteiger charge is -2.37. The molecule has 5 heterocycles. The number of carbonyl (C=O) groups is 1. The van der Waals surface area contributed by atoms with E-state index in [-0.39, 0.29) is 12.1 Å². The van der Waals surface area contributed by atoms with Crippen molar-refractivity contribution in [2.45, 2.75) is 50.3 Å². The first kappa shape index (κ1) is 14.7. The first-order valence-electron chi connectivity index (χ1n) is 8.79. The molecule has 6 heteroatoms. The minimum absolute atomic E-state index is 0.204. The second-order valence-electron chi connectivity index (χ2n) is 7.27. The Morgan fingerprint density at radius 2 is 2.33 bits per heavy atom. The lowest BCUT2D eigenvalue weighted by molar-refractivity contribution is -0.131. The summed E-state index contributed by atoms with van der Waals surface area (Å²) >= 11 is 1.77. The number of piperidine rings is 1. The molecule has 3 aliphatic heterocycles. The van der Waals surface area contributed by atoms with Gasteiger partial charge in [0.05, 0.1) is 30.4 Å². The van der Waals surface area contributed by atoms with Crippen LogP contribution in [-0.4, -0.2) is 44.2 Å². The SMILES string of the molecule is O=C1CC[C@@H]2C[C@@H]([C@@H](O)C[C@@H]3c4sccc4-c4cncn43)CCN12. The van der Waals surface area contributed by atoms with Gasteiger partial charge in [-0.1, -0.05) is 0 Å². The summed E-state index contributed by atoms with van der Waals surface area (Å²) in [5.74, 6) is 0.600. The van der Waals surface area contributed by atoms with Crippen LogP contribution in [0.2, 0.25) is 0 Å². The molecule has 2 fully saturated rings. The number of carbonyl (C=O) groups excluding carboxylic acids is 1. The van der Waals surface area contributed by atoms with Gasteiger partial charge >= 0.3 is 0 Å². The fraction of sp³-hybridized carbons (Fsp3) is 0.556. The molecule has 24 heavy (non-hydrogen) atoms. The Morgan fingerprint density at radius 1 is 1.42 bits per heavy atom. The number of hydrogen-bond donors (Lipinski definition) is 1. The largest absolute Gasteiger partial charge is 0.393 e. The van der Waals surface area contributed by atoms with Gasteiger partial charge in [-0.05, 0) is 43.0 Å². The minimum Gasteiger partial charge on any atom is -0.393 e. The van der Waals surface area contributed by atoms with E-state index in [1.165, 1.54) is 16.1 Å². The van der Waals surface area contributed by atoms with E-state index in [2.05, 4.69) is 21.0 Å². The second-order valence-corrected chi connectivity index (χ2v) is 8.22. The number of hydrogen-bond acceptors (Lipinski definition) is 4. The van der Waals surface area contributed by atoms with Crippen molar-refractivity contribution in [3.8, 4) is 11.3 Å². The molecule has 2 aromatic heterocycles. The molecule has 0 saturated carbocycles. The van der Waals surface area contributed by atoms with E-state index >= 15 is 0 Å². The summed E-state index contributed by atoms with van der Waals surface area (Å²) in [7, 11) is 0. The van der Waals surface area contributed by atoms with Crippen molar-refractivity contribution in [1.82, 2.24) is 14.5 Å². The Hall–Kier alpha value is -1.66. The van der Waals surface area contributed by atoms with Gasteiger partial charge in [-0.25, -0.2) is 4.98 Å². The molecule has 2 saturated heterocycles. The monoisotopic (exact) mass is 343 g/mol. The summed E-state index contributed by atoms with van der Waals surface area (Å²) in [6.45, 7) is 0.816. The standard InChI is InChI=1S/C18H21N3O2S/c22-16(11-3-5-20-12(7-11)1-2-17(20)23)8-14-18-13(4-6-24-18)15-9-19-10-21(14)15/h4,6,9-12,14,16,22H,1-3,5,7-8H2/t11-,12+,14+,16-/m0/s1. The predicted molar refractivity (Wildman–Crippen MR) is 91.8 cm³/mol. The zero-order chi connectivity index (χ0) is 16.3. The molecule has 0 aromatic carbocycles. The molecule has 126 valence electrons. The van der Waals surface area contributed by atoms with E-state index < -0.39 is 0 Å². The van der Waals surface area contributed by atoms with E-state index in [9.17, 15) is 9.90 Å². The molecule has 1 amide bonds. The van der Waals surface area contributed by atoms with Crippen molar-refractivity contribution in [3.63, 3.8) is 0 Å². The van der Waals surface area contributed by atoms with Crippen LogP contribution in [0.1, 0.15) is 43.0 Å². The van der Waals surface area contributed by atoms with Crippen molar-refractivity contribution in [2.75, 3.05) is 6.54 Å². The zero-order valence-corrected chi connectivity index (χ0v) is 14.3. The van der Waals surface area contributed by atoms with Crippen LogP contribution in [0.5, 0.6) is 0 Å². The Balaban J connectivity index is 1.33. The fourth-order valence-corrected chi connectivity index (χ4v) is 5.80. The molecule has 4 atom stereocenters. The normalized spacial score (nSPS) is 29.5. The fourth-order valence-electron chi connectivity index (χ4n) is 4.79. The topological polar surface area (TPSA) is 58.4 Å². The predicted octanol–water partition coefficient (Wildman–Crippen LogP) is 2.67. The Morgan fingerprint density at radius 3 is 3.25 bits per heavy atom. The van der Waals surface area contributed by atoms with Gasteiger partial charge < -0.3 is 14.6 Å². The van der Waals surface area contributed by atoms with Gasteiger partial charge in [0.1, 0.15) is 0 Å². The number of nitrogens with zero attached hydrogens (tertiary/aromatic N) is 3. The van der Waals surface area contributed by atoms with Crippen molar-refractivity contribution >= 4 is 17.2 Å². The lowest BCUT2D eigenvalue weighted by atomic mass is 9.84. The minimum atomic E-state index is -0.323. The van der Waals surface area contributed by atoms with Gasteiger partial charge in [0.2, 0.25) is 5.91 Å². The molecule has 0 aliphatic carbocycles. The van der Waals surface area contributed by atoms with Gasteiger partial charge in [-0.2, -0.15) is 0 Å². The summed E-state index contributed by atoms with van der Waals surface area (Å²) < 4.78 is 2.21. The highest BCUT2D eigenvalue weighted by molar-refractivity contribution is 7.10. The number of aromatic nitrogens is 2. The maximum absolute atomic E-state index is 11.8. The molecular formula is C18H21N3O2S. The van der Waals surface area contributed by atoms with Gasteiger partial charge in [0, 0.05) is 29.4 Å². The third kappa shape index (κ3) is 2.09. The van der Waals surface area contributed by atoms with E-state index in [0.29, 0.717) is 24.3 Å². The number of aliphatic hydroxyl groups excluding tert-OH is 1. The third-order valence-electron chi connectivity index (χ3n) is 6.05. The Labute approximate surface area is 144 Å². The summed E-state index contributed by atoms with van der Waals surface area (Å²) in [5, 5.41) is 13.0. The highest BCUT2D eigenvalue weighted by atomic mass is 32.1. The van der Waals surface area contributed by atoms with Gasteiger partial charge in [0.25, 0.3) is 0 Å². The Kier molecular flexibility index (Phi) is 3.31. The molecule has 3 aliphatic rings. The van der Waals surface area contributed by atoms with Crippen LogP contribution >= 0.6 is 11.3 Å². The first-order chi connectivity index (χ1) is 11.7. The summed E-state index contributed by atoms with van der Waals surface area (Å²) in [6, 6.07) is 2.72. The number of rotatable bonds is 3. The van der Waals surface area contributed by atoms with Crippen LogP contribution < -0.4 is 0 Å². The molecule has 0 radical (unpaired) electrons. The molecular weight excluding hydrogens is 322 g/mol. The van der Waals surface area contributed by atoms with Crippen molar-refractivity contribution < 1.29 is 9.90 Å². The molecule has 0 unspecified atom stereocenters. The third-order valence-corrected chi connectivity index (χ3v) is 7.07. The molecule has 5 nitrogen and oxygen atoms in total. The second kappa shape index (κ2) is 5.43. The number of amides is 1. The highest BCUT2D eigenvalue weighted by Gasteiger charge is 2.40. The van der Waals surface area contributed by atoms with Gasteiger partial charge in [-0.3, -0.25) is 4.79 Å². The average Bonchev–Trinajstić information content (AvgIpc) is 3.33. The lowest BCUT2D eigenvalue weighted by Crippen LogP contribution is -2.43. The van der Waals surface area contributed by atoms with Crippen molar-refractivity contribution in [2.24, 2.45) is 5.92 Å². The van der Waals surface area contributed by atoms with E-state index in [4.69, 9.17) is 0 Å². The van der Waals surface area contributed by atoms with Crippen LogP contribution in [0, 0.1) is 5.92 Å². The van der Waals surface area contributed by atoms with Crippen LogP contribution in [0.3, 0.4) is 0 Å². The molecule has 1 N–H and O–H groups in total. The van der Waals surface area contributed by atoms with Crippen LogP contribution in [0.15, 0.2) is 24.0 Å². The van der Waals surface area contributed by atoms with Crippen molar-refractivity contribution in [1.29, 1.82) is 0 Å². The quantitative estimate of drug-likeness (QED) is 0.932.